The van der Waals surface area contributed by atoms with Gasteiger partial charge in [-0.25, -0.2) is 9.13 Å². The number of hydrogen-bond acceptors (Lipinski definition) is 2. The summed E-state index contributed by atoms with van der Waals surface area (Å²) in [5, 5.41) is 0. The van der Waals surface area contributed by atoms with Crippen molar-refractivity contribution in [2.45, 2.75) is 0 Å². The van der Waals surface area contributed by atoms with Crippen molar-refractivity contribution in [3.8, 4) is 0 Å². The van der Waals surface area contributed by atoms with Gasteiger partial charge in [0.15, 0.2) is 0 Å². The molecule has 0 aromatic heterocycles. The summed E-state index contributed by atoms with van der Waals surface area (Å²) in [4.78, 5) is 14.0. The molecule has 4 nitrogen and oxygen atoms in total. The molecule has 0 fully saturated rings. The van der Waals surface area contributed by atoms with Crippen LogP contribution in [0.1, 0.15) is 0 Å². The quantitative estimate of drug-likeness (QED) is 0.440. The summed E-state index contributed by atoms with van der Waals surface area (Å²) in [6.07, 6.45) is 0. The third-order valence-corrected chi connectivity index (χ3v) is 0. The van der Waals surface area contributed by atoms with Crippen LogP contribution in [0.25, 0.3) is 0 Å². The van der Waals surface area contributed by atoms with Gasteiger partial charge in [-0.15, -0.1) is 0 Å². The molecule has 7 heteroatoms. The average Bonchev–Trinajstić information content (AvgIpc) is 1.39. The van der Waals surface area contributed by atoms with Crippen molar-refractivity contribution >= 4 is 62.9 Å². The Morgan fingerprint density at radius 2 is 1.00 bits per heavy atom. The van der Waals surface area contributed by atoms with Gasteiger partial charge in [0.1, 0.15) is 0 Å². The third-order valence-electron chi connectivity index (χ3n) is 0. The first-order valence-electron chi connectivity index (χ1n) is 0.765. The van der Waals surface area contributed by atoms with E-state index in [9.17, 15) is 0 Å². The fourth-order valence-corrected chi connectivity index (χ4v) is 0. The minimum atomic E-state index is -0.833. The minimum Gasteiger partial charge on any atom is -0.310 e. The van der Waals surface area contributed by atoms with Gasteiger partial charge in [-0.3, -0.25) is 0 Å². The van der Waals surface area contributed by atoms with E-state index in [1.807, 2.05) is 0 Å². The zero-order valence-corrected chi connectivity index (χ0v) is 8.58. The van der Waals surface area contributed by atoms with Crippen molar-refractivity contribution in [1.29, 1.82) is 0 Å². The normalized spacial score (nSPS) is 6.00. The molecule has 0 aromatic carbocycles. The standard InChI is InChI=1S/2HO2P.Sr/c2*1-3-2;/h2*(H,1,2);/q;;+2. The zero-order chi connectivity index (χ0) is 5.41. The predicted octanol–water partition coefficient (Wildman–Crippen LogP) is -0.0100. The molecule has 7 heavy (non-hydrogen) atoms. The van der Waals surface area contributed by atoms with Crippen LogP contribution in [-0.2, 0) is 9.13 Å². The molecule has 0 unspecified atom stereocenters. The fourth-order valence-electron chi connectivity index (χ4n) is 0. The summed E-state index contributed by atoms with van der Waals surface area (Å²) in [5.41, 5.74) is 0. The Balaban J connectivity index is -0.0000000400. The van der Waals surface area contributed by atoms with Crippen molar-refractivity contribution in [2.75, 3.05) is 0 Å². The van der Waals surface area contributed by atoms with Gasteiger partial charge >= 0.3 is 62.9 Å². The van der Waals surface area contributed by atoms with Crippen molar-refractivity contribution < 1.29 is 18.9 Å². The maximum Gasteiger partial charge on any atom is 2.00 e. The third kappa shape index (κ3) is 93.1. The summed E-state index contributed by atoms with van der Waals surface area (Å²) in [7, 11) is -1.67. The van der Waals surface area contributed by atoms with E-state index >= 15 is 0 Å². The summed E-state index contributed by atoms with van der Waals surface area (Å²) in [5.74, 6) is 0. The molecule has 0 bridgehead atoms. The maximum atomic E-state index is 8.46. The molecular formula is H2O4P2Sr+2. The second kappa shape index (κ2) is 25.5. The van der Waals surface area contributed by atoms with Crippen LogP contribution in [0.4, 0.5) is 0 Å². The van der Waals surface area contributed by atoms with Crippen LogP contribution < -0.4 is 0 Å². The van der Waals surface area contributed by atoms with Crippen LogP contribution in [0.5, 0.6) is 0 Å². The van der Waals surface area contributed by atoms with Crippen molar-refractivity contribution in [1.82, 2.24) is 0 Å². The topological polar surface area (TPSA) is 74.6 Å². The Morgan fingerprint density at radius 3 is 1.00 bits per heavy atom. The van der Waals surface area contributed by atoms with Crippen LogP contribution in [0.15, 0.2) is 0 Å². The van der Waals surface area contributed by atoms with Gasteiger partial charge in [-0.05, 0) is 0 Å². The first kappa shape index (κ1) is 15.8. The van der Waals surface area contributed by atoms with Crippen LogP contribution in [-0.4, -0.2) is 55.3 Å². The van der Waals surface area contributed by atoms with E-state index in [0.717, 1.165) is 0 Å². The first-order valence-corrected chi connectivity index (χ1v) is 2.30. The summed E-state index contributed by atoms with van der Waals surface area (Å²) < 4.78 is 16.9. The van der Waals surface area contributed by atoms with Gasteiger partial charge in [0.2, 0.25) is 0 Å². The zero-order valence-electron chi connectivity index (χ0n) is 3.31. The largest absolute Gasteiger partial charge is 2.00 e. The molecule has 0 radical (unpaired) electrons. The molecule has 0 spiro atoms. The van der Waals surface area contributed by atoms with Crippen molar-refractivity contribution in [3.05, 3.63) is 0 Å². The van der Waals surface area contributed by atoms with E-state index in [2.05, 4.69) is 0 Å². The van der Waals surface area contributed by atoms with E-state index in [1.165, 1.54) is 0 Å². The second-order valence-corrected chi connectivity index (χ2v) is 0.490. The van der Waals surface area contributed by atoms with E-state index in [-0.39, 0.29) is 45.5 Å². The van der Waals surface area contributed by atoms with E-state index in [4.69, 9.17) is 18.9 Å². The Bertz CT molecular complexity index is 30.7. The average molecular weight is 216 g/mol. The molecule has 0 aliphatic heterocycles. The summed E-state index contributed by atoms with van der Waals surface area (Å²) in [6, 6.07) is 0. The van der Waals surface area contributed by atoms with Gasteiger partial charge in [-0.1, -0.05) is 0 Å². The predicted molar refractivity (Wildman–Crippen MR) is 25.4 cm³/mol. The molecule has 0 saturated carbocycles. The Hall–Kier alpha value is 1.60. The van der Waals surface area contributed by atoms with Gasteiger partial charge < -0.3 is 9.79 Å². The number of rotatable bonds is 0. The fraction of sp³-hybridized carbons (Fsp3) is 0. The Labute approximate surface area is 80.8 Å². The summed E-state index contributed by atoms with van der Waals surface area (Å²) >= 11 is 0. The Kier molecular flexibility index (Phi) is 57.8. The monoisotopic (exact) mass is 216 g/mol. The smallest absolute Gasteiger partial charge is 0.310 e. The molecule has 2 N–H and O–H groups in total. The molecule has 0 aliphatic rings. The van der Waals surface area contributed by atoms with Gasteiger partial charge in [0.05, 0.1) is 0 Å². The van der Waals surface area contributed by atoms with E-state index in [1.54, 1.807) is 0 Å². The van der Waals surface area contributed by atoms with Crippen LogP contribution in [0.2, 0.25) is 0 Å². The Morgan fingerprint density at radius 1 is 1.00 bits per heavy atom. The first-order chi connectivity index (χ1) is 2.83. The molecule has 0 rings (SSSR count). The minimum absolute atomic E-state index is 0. The van der Waals surface area contributed by atoms with Gasteiger partial charge in [0.25, 0.3) is 0 Å². The van der Waals surface area contributed by atoms with Crippen molar-refractivity contribution in [2.24, 2.45) is 0 Å². The SMILES string of the molecule is O=PO.O=PO.[Sr+2]. The van der Waals surface area contributed by atoms with E-state index < -0.39 is 17.4 Å². The number of hydrogen-bond donors (Lipinski definition) is 2. The molecule has 0 amide bonds. The molecule has 36 valence electrons. The van der Waals surface area contributed by atoms with Crippen LogP contribution in [0.3, 0.4) is 0 Å². The maximum absolute atomic E-state index is 8.46. The molecule has 0 aromatic rings. The molecule has 0 aliphatic carbocycles. The second-order valence-electron chi connectivity index (χ2n) is 0.163. The molecular weight excluding hydrogens is 214 g/mol. The molecule has 0 heterocycles. The summed E-state index contributed by atoms with van der Waals surface area (Å²) in [6.45, 7) is 0. The van der Waals surface area contributed by atoms with Crippen LogP contribution >= 0.6 is 17.4 Å². The van der Waals surface area contributed by atoms with Crippen LogP contribution in [0, 0.1) is 0 Å². The van der Waals surface area contributed by atoms with E-state index in [0.29, 0.717) is 0 Å². The molecule has 0 atom stereocenters. The molecule has 0 saturated heterocycles. The van der Waals surface area contributed by atoms with Gasteiger partial charge in [-0.2, -0.15) is 0 Å². The van der Waals surface area contributed by atoms with Gasteiger partial charge in [0, 0.05) is 0 Å². The van der Waals surface area contributed by atoms with Crippen molar-refractivity contribution in [3.63, 3.8) is 0 Å².